The van der Waals surface area contributed by atoms with Gasteiger partial charge in [-0.1, -0.05) is 24.4 Å². The number of hydrogen-bond donors (Lipinski definition) is 2. The number of thiocarbonyl (C=S) groups is 1. The zero-order valence-electron chi connectivity index (χ0n) is 9.90. The maximum absolute atomic E-state index is 11.8. The van der Waals surface area contributed by atoms with Gasteiger partial charge >= 0.3 is 0 Å². The molecule has 0 saturated heterocycles. The lowest BCUT2D eigenvalue weighted by atomic mass is 10.1. The summed E-state index contributed by atoms with van der Waals surface area (Å²) in [5, 5.41) is 2.82. The lowest BCUT2D eigenvalue weighted by molar-refractivity contribution is 0.0905. The lowest BCUT2D eigenvalue weighted by Gasteiger charge is -2.12. The van der Waals surface area contributed by atoms with Gasteiger partial charge in [0.1, 0.15) is 4.99 Å². The van der Waals surface area contributed by atoms with E-state index >= 15 is 0 Å². The van der Waals surface area contributed by atoms with Crippen LogP contribution in [0.25, 0.3) is 0 Å². The summed E-state index contributed by atoms with van der Waals surface area (Å²) >= 11 is 4.84. The average Bonchev–Trinajstić information content (AvgIpc) is 2.29. The average molecular weight is 252 g/mol. The van der Waals surface area contributed by atoms with Crippen LogP contribution in [-0.4, -0.2) is 30.7 Å². The van der Waals surface area contributed by atoms with Crippen LogP contribution < -0.4 is 11.1 Å². The monoisotopic (exact) mass is 252 g/mol. The zero-order valence-corrected chi connectivity index (χ0v) is 10.7. The summed E-state index contributed by atoms with van der Waals surface area (Å²) in [5.74, 6) is -0.135. The van der Waals surface area contributed by atoms with Gasteiger partial charge in [-0.05, 0) is 19.1 Å². The van der Waals surface area contributed by atoms with Gasteiger partial charge in [0.15, 0.2) is 0 Å². The van der Waals surface area contributed by atoms with Gasteiger partial charge in [-0.3, -0.25) is 4.79 Å². The molecule has 0 saturated carbocycles. The van der Waals surface area contributed by atoms with E-state index in [1.54, 1.807) is 31.4 Å². The third-order valence-electron chi connectivity index (χ3n) is 2.23. The Morgan fingerprint density at radius 2 is 1.94 bits per heavy atom. The highest BCUT2D eigenvalue weighted by Crippen LogP contribution is 2.04. The maximum Gasteiger partial charge on any atom is 0.251 e. The number of hydrogen-bond acceptors (Lipinski definition) is 3. The molecule has 5 heteroatoms. The Balaban J connectivity index is 2.66. The smallest absolute Gasteiger partial charge is 0.251 e. The molecule has 0 spiro atoms. The first-order valence-electron chi connectivity index (χ1n) is 5.24. The maximum atomic E-state index is 11.8. The predicted octanol–water partition coefficient (Wildman–Crippen LogP) is 1.09. The molecule has 1 amide bonds. The fourth-order valence-electron chi connectivity index (χ4n) is 1.38. The summed E-state index contributed by atoms with van der Waals surface area (Å²) in [6.45, 7) is 2.36. The first-order chi connectivity index (χ1) is 8.04. The minimum atomic E-state index is -0.135. The standard InChI is InChI=1S/C12H16N2O2S/c1-8(7-16-2)14-12(15)10-5-3-9(4-6-10)11(13)17/h3-6,8H,7H2,1-2H3,(H2,13,17)(H,14,15). The zero-order chi connectivity index (χ0) is 12.8. The van der Waals surface area contributed by atoms with Gasteiger partial charge in [-0.15, -0.1) is 0 Å². The number of carbonyl (C=O) groups is 1. The first kappa shape index (κ1) is 13.6. The van der Waals surface area contributed by atoms with Crippen molar-refractivity contribution in [1.82, 2.24) is 5.32 Å². The number of nitrogens with two attached hydrogens (primary N) is 1. The Bertz CT molecular complexity index is 403. The minimum Gasteiger partial charge on any atom is -0.389 e. The number of carbonyl (C=O) groups excluding carboxylic acids is 1. The second kappa shape index (κ2) is 6.32. The highest BCUT2D eigenvalue weighted by Gasteiger charge is 2.09. The number of methoxy groups -OCH3 is 1. The third-order valence-corrected chi connectivity index (χ3v) is 2.46. The van der Waals surface area contributed by atoms with Crippen LogP contribution in [0.4, 0.5) is 0 Å². The van der Waals surface area contributed by atoms with Crippen LogP contribution in [0.2, 0.25) is 0 Å². The molecule has 0 aromatic heterocycles. The van der Waals surface area contributed by atoms with Crippen molar-refractivity contribution in [3.05, 3.63) is 35.4 Å². The number of amides is 1. The Labute approximate surface area is 106 Å². The van der Waals surface area contributed by atoms with Crippen molar-refractivity contribution in [2.75, 3.05) is 13.7 Å². The van der Waals surface area contributed by atoms with Gasteiger partial charge in [-0.25, -0.2) is 0 Å². The molecule has 0 fully saturated rings. The van der Waals surface area contributed by atoms with E-state index in [9.17, 15) is 4.79 Å². The normalized spacial score (nSPS) is 11.9. The molecule has 17 heavy (non-hydrogen) atoms. The first-order valence-corrected chi connectivity index (χ1v) is 5.65. The number of nitrogens with one attached hydrogen (secondary N) is 1. The van der Waals surface area contributed by atoms with E-state index in [-0.39, 0.29) is 11.9 Å². The van der Waals surface area contributed by atoms with Gasteiger partial charge < -0.3 is 15.8 Å². The molecule has 4 nitrogen and oxygen atoms in total. The second-order valence-corrected chi connectivity index (χ2v) is 4.21. The molecule has 1 rings (SSSR count). The van der Waals surface area contributed by atoms with E-state index in [0.717, 1.165) is 5.56 Å². The molecule has 0 aliphatic rings. The fourth-order valence-corrected chi connectivity index (χ4v) is 1.52. The van der Waals surface area contributed by atoms with Crippen LogP contribution in [0.3, 0.4) is 0 Å². The van der Waals surface area contributed by atoms with Crippen molar-refractivity contribution in [1.29, 1.82) is 0 Å². The SMILES string of the molecule is COCC(C)NC(=O)c1ccc(C(N)=S)cc1. The van der Waals surface area contributed by atoms with Crippen molar-refractivity contribution in [3.8, 4) is 0 Å². The highest BCUT2D eigenvalue weighted by atomic mass is 32.1. The third kappa shape index (κ3) is 4.13. The fraction of sp³-hybridized carbons (Fsp3) is 0.333. The summed E-state index contributed by atoms with van der Waals surface area (Å²) in [6, 6.07) is 6.84. The van der Waals surface area contributed by atoms with E-state index < -0.39 is 0 Å². The van der Waals surface area contributed by atoms with Crippen LogP contribution in [-0.2, 0) is 4.74 Å². The quantitative estimate of drug-likeness (QED) is 0.770. The van der Waals surface area contributed by atoms with Gasteiger partial charge in [0.05, 0.1) is 6.61 Å². The molecule has 1 atom stereocenters. The Kier molecular flexibility index (Phi) is 5.06. The molecular weight excluding hydrogens is 236 g/mol. The predicted molar refractivity (Wildman–Crippen MR) is 71.1 cm³/mol. The van der Waals surface area contributed by atoms with Crippen molar-refractivity contribution in [2.24, 2.45) is 5.73 Å². The van der Waals surface area contributed by atoms with Crippen molar-refractivity contribution >= 4 is 23.1 Å². The summed E-state index contributed by atoms with van der Waals surface area (Å²) in [5.41, 5.74) is 6.80. The topological polar surface area (TPSA) is 64.3 Å². The molecule has 1 unspecified atom stereocenters. The Morgan fingerprint density at radius 1 is 1.41 bits per heavy atom. The molecule has 1 aromatic rings. The van der Waals surface area contributed by atoms with Crippen LogP contribution in [0.15, 0.2) is 24.3 Å². The van der Waals surface area contributed by atoms with Crippen LogP contribution in [0.5, 0.6) is 0 Å². The van der Waals surface area contributed by atoms with E-state index in [4.69, 9.17) is 22.7 Å². The van der Waals surface area contributed by atoms with Gasteiger partial charge in [-0.2, -0.15) is 0 Å². The van der Waals surface area contributed by atoms with Crippen LogP contribution in [0, 0.1) is 0 Å². The molecule has 0 aliphatic heterocycles. The van der Waals surface area contributed by atoms with E-state index in [1.165, 1.54) is 0 Å². The van der Waals surface area contributed by atoms with Gasteiger partial charge in [0.2, 0.25) is 0 Å². The second-order valence-electron chi connectivity index (χ2n) is 3.77. The minimum absolute atomic E-state index is 0.0252. The Morgan fingerprint density at radius 3 is 2.41 bits per heavy atom. The summed E-state index contributed by atoms with van der Waals surface area (Å²) < 4.78 is 4.94. The van der Waals surface area contributed by atoms with Crippen LogP contribution in [0.1, 0.15) is 22.8 Å². The van der Waals surface area contributed by atoms with Gasteiger partial charge in [0, 0.05) is 24.3 Å². The largest absolute Gasteiger partial charge is 0.389 e. The number of rotatable bonds is 5. The van der Waals surface area contributed by atoms with Gasteiger partial charge in [0.25, 0.3) is 5.91 Å². The summed E-state index contributed by atoms with van der Waals surface area (Å²) in [4.78, 5) is 12.1. The number of ether oxygens (including phenoxy) is 1. The lowest BCUT2D eigenvalue weighted by Crippen LogP contribution is -2.35. The summed E-state index contributed by atoms with van der Waals surface area (Å²) in [7, 11) is 1.60. The molecule has 0 bridgehead atoms. The molecule has 3 N–H and O–H groups in total. The highest BCUT2D eigenvalue weighted by molar-refractivity contribution is 7.80. The van der Waals surface area contributed by atoms with Crippen molar-refractivity contribution < 1.29 is 9.53 Å². The Hall–Kier alpha value is -1.46. The van der Waals surface area contributed by atoms with E-state index in [0.29, 0.717) is 17.2 Å². The molecule has 0 heterocycles. The molecule has 0 aliphatic carbocycles. The summed E-state index contributed by atoms with van der Waals surface area (Å²) in [6.07, 6.45) is 0. The van der Waals surface area contributed by atoms with E-state index in [2.05, 4.69) is 5.32 Å². The van der Waals surface area contributed by atoms with Crippen molar-refractivity contribution in [3.63, 3.8) is 0 Å². The molecule has 1 aromatic carbocycles. The number of benzene rings is 1. The van der Waals surface area contributed by atoms with E-state index in [1.807, 2.05) is 6.92 Å². The molecule has 92 valence electrons. The van der Waals surface area contributed by atoms with Crippen molar-refractivity contribution in [2.45, 2.75) is 13.0 Å². The molecule has 0 radical (unpaired) electrons. The van der Waals surface area contributed by atoms with Crippen LogP contribution >= 0.6 is 12.2 Å². The molecular formula is C12H16N2O2S.